The van der Waals surface area contributed by atoms with E-state index < -0.39 is 11.8 Å². The summed E-state index contributed by atoms with van der Waals surface area (Å²) in [5.74, 6) is 0.0586. The first-order valence-corrected chi connectivity index (χ1v) is 6.89. The van der Waals surface area contributed by atoms with Gasteiger partial charge in [0.1, 0.15) is 17.6 Å². The van der Waals surface area contributed by atoms with Gasteiger partial charge < -0.3 is 14.6 Å². The van der Waals surface area contributed by atoms with Crippen LogP contribution in [-0.2, 0) is 16.0 Å². The van der Waals surface area contributed by atoms with Crippen LogP contribution in [0, 0.1) is 6.92 Å². The number of aryl methyl sites for hydroxylation is 1. The number of ether oxygens (including phenoxy) is 1. The molecule has 7 nitrogen and oxygen atoms in total. The number of para-hydroxylation sites is 1. The third-order valence-electron chi connectivity index (χ3n) is 3.28. The normalized spacial score (nSPS) is 15.8. The van der Waals surface area contributed by atoms with Crippen molar-refractivity contribution >= 4 is 17.6 Å². The number of benzene rings is 1. The fourth-order valence-electron chi connectivity index (χ4n) is 2.25. The highest BCUT2D eigenvalue weighted by molar-refractivity contribution is 6.39. The first kappa shape index (κ1) is 14.1. The highest BCUT2D eigenvalue weighted by Gasteiger charge is 2.24. The highest BCUT2D eigenvalue weighted by atomic mass is 16.5. The number of aromatic nitrogens is 1. The molecule has 2 aromatic rings. The van der Waals surface area contributed by atoms with E-state index in [0.29, 0.717) is 12.2 Å². The molecule has 1 aromatic heterocycles. The zero-order chi connectivity index (χ0) is 15.5. The van der Waals surface area contributed by atoms with Gasteiger partial charge in [0.15, 0.2) is 5.82 Å². The van der Waals surface area contributed by atoms with Crippen LogP contribution >= 0.6 is 0 Å². The molecule has 0 radical (unpaired) electrons. The second-order valence-corrected chi connectivity index (χ2v) is 5.04. The zero-order valence-electron chi connectivity index (χ0n) is 12.0. The van der Waals surface area contributed by atoms with Crippen LogP contribution in [0.3, 0.4) is 0 Å². The van der Waals surface area contributed by atoms with Gasteiger partial charge in [0.2, 0.25) is 0 Å². The summed E-state index contributed by atoms with van der Waals surface area (Å²) >= 11 is 0. The van der Waals surface area contributed by atoms with Gasteiger partial charge in [0, 0.05) is 12.5 Å². The van der Waals surface area contributed by atoms with Gasteiger partial charge in [-0.1, -0.05) is 23.4 Å². The highest BCUT2D eigenvalue weighted by Crippen LogP contribution is 2.27. The minimum Gasteiger partial charge on any atom is -0.488 e. The van der Waals surface area contributed by atoms with Crippen LogP contribution in [-0.4, -0.2) is 29.6 Å². The maximum Gasteiger partial charge on any atom is 0.314 e. The molecule has 114 valence electrons. The minimum atomic E-state index is -0.788. The van der Waals surface area contributed by atoms with Gasteiger partial charge in [-0.3, -0.25) is 14.9 Å². The van der Waals surface area contributed by atoms with Gasteiger partial charge in [-0.2, -0.15) is 0 Å². The van der Waals surface area contributed by atoms with Crippen molar-refractivity contribution in [3.63, 3.8) is 0 Å². The standard InChI is InChI=1S/C15H15N3O4/c1-9-6-13(18-22-9)17-15(20)14(19)16-8-11-7-10-4-2-3-5-12(10)21-11/h2-6,11H,7-8H2,1H3,(H,16,19)(H,17,18,20)/t11-/m0/s1. The molecule has 0 fully saturated rings. The lowest BCUT2D eigenvalue weighted by atomic mass is 10.1. The summed E-state index contributed by atoms with van der Waals surface area (Å²) in [6.45, 7) is 1.95. The number of carbonyl (C=O) groups is 2. The molecule has 2 amide bonds. The van der Waals surface area contributed by atoms with Gasteiger partial charge in [0.05, 0.1) is 6.54 Å². The number of hydrogen-bond donors (Lipinski definition) is 2. The summed E-state index contributed by atoms with van der Waals surface area (Å²) in [5, 5.41) is 8.50. The molecule has 7 heteroatoms. The summed E-state index contributed by atoms with van der Waals surface area (Å²) in [5.41, 5.74) is 1.10. The van der Waals surface area contributed by atoms with E-state index in [0.717, 1.165) is 11.3 Å². The van der Waals surface area contributed by atoms with Crippen molar-refractivity contribution in [2.75, 3.05) is 11.9 Å². The monoisotopic (exact) mass is 301 g/mol. The van der Waals surface area contributed by atoms with E-state index >= 15 is 0 Å². The van der Waals surface area contributed by atoms with Crippen molar-refractivity contribution in [3.8, 4) is 5.75 Å². The van der Waals surface area contributed by atoms with Crippen LogP contribution in [0.2, 0.25) is 0 Å². The molecule has 1 aliphatic rings. The summed E-state index contributed by atoms with van der Waals surface area (Å²) < 4.78 is 10.5. The van der Waals surface area contributed by atoms with E-state index in [2.05, 4.69) is 15.8 Å². The largest absolute Gasteiger partial charge is 0.488 e. The molecule has 1 aromatic carbocycles. The number of fused-ring (bicyclic) bond motifs is 1. The van der Waals surface area contributed by atoms with Crippen molar-refractivity contribution < 1.29 is 18.8 Å². The van der Waals surface area contributed by atoms with E-state index in [1.807, 2.05) is 24.3 Å². The fourth-order valence-corrected chi connectivity index (χ4v) is 2.25. The Morgan fingerprint density at radius 2 is 2.14 bits per heavy atom. The molecule has 3 rings (SSSR count). The van der Waals surface area contributed by atoms with Crippen LogP contribution in [0.25, 0.3) is 0 Å². The smallest absolute Gasteiger partial charge is 0.314 e. The molecule has 2 N–H and O–H groups in total. The summed E-state index contributed by atoms with van der Waals surface area (Å²) in [6, 6.07) is 9.24. The van der Waals surface area contributed by atoms with Crippen molar-refractivity contribution in [2.45, 2.75) is 19.4 Å². The fraction of sp³-hybridized carbons (Fsp3) is 0.267. The topological polar surface area (TPSA) is 93.5 Å². The average molecular weight is 301 g/mol. The molecule has 0 saturated carbocycles. The Labute approximate surface area is 126 Å². The van der Waals surface area contributed by atoms with Gasteiger partial charge in [-0.15, -0.1) is 0 Å². The van der Waals surface area contributed by atoms with Gasteiger partial charge in [-0.25, -0.2) is 0 Å². The summed E-state index contributed by atoms with van der Waals surface area (Å²) in [4.78, 5) is 23.4. The van der Waals surface area contributed by atoms with Gasteiger partial charge >= 0.3 is 11.8 Å². The van der Waals surface area contributed by atoms with Gasteiger partial charge in [0.25, 0.3) is 0 Å². The lowest BCUT2D eigenvalue weighted by Gasteiger charge is -2.11. The predicted molar refractivity (Wildman–Crippen MR) is 77.4 cm³/mol. The molecule has 1 aliphatic heterocycles. The Balaban J connectivity index is 1.48. The van der Waals surface area contributed by atoms with Crippen molar-refractivity contribution in [2.24, 2.45) is 0 Å². The van der Waals surface area contributed by atoms with E-state index in [1.54, 1.807) is 6.92 Å². The number of nitrogens with one attached hydrogen (secondary N) is 2. The average Bonchev–Trinajstić information content (AvgIpc) is 3.10. The lowest BCUT2D eigenvalue weighted by molar-refractivity contribution is -0.136. The molecule has 2 heterocycles. The number of carbonyl (C=O) groups excluding carboxylic acids is 2. The Bertz CT molecular complexity index is 685. The van der Waals surface area contributed by atoms with E-state index in [9.17, 15) is 9.59 Å². The molecule has 0 saturated heterocycles. The molecule has 0 unspecified atom stereocenters. The van der Waals surface area contributed by atoms with Crippen LogP contribution in [0.1, 0.15) is 11.3 Å². The molecule has 0 aliphatic carbocycles. The molecule has 1 atom stereocenters. The molecule has 0 bridgehead atoms. The first-order valence-electron chi connectivity index (χ1n) is 6.89. The number of nitrogens with zero attached hydrogens (tertiary/aromatic N) is 1. The Hall–Kier alpha value is -2.83. The molecule has 22 heavy (non-hydrogen) atoms. The quantitative estimate of drug-likeness (QED) is 0.826. The van der Waals surface area contributed by atoms with Crippen LogP contribution in [0.15, 0.2) is 34.9 Å². The number of hydrogen-bond acceptors (Lipinski definition) is 5. The number of anilines is 1. The second-order valence-electron chi connectivity index (χ2n) is 5.04. The van der Waals surface area contributed by atoms with Crippen molar-refractivity contribution in [1.82, 2.24) is 10.5 Å². The summed E-state index contributed by atoms with van der Waals surface area (Å²) in [7, 11) is 0. The number of rotatable bonds is 3. The van der Waals surface area contributed by atoms with E-state index in [1.165, 1.54) is 6.07 Å². The zero-order valence-corrected chi connectivity index (χ0v) is 12.0. The van der Waals surface area contributed by atoms with E-state index in [4.69, 9.17) is 9.26 Å². The Morgan fingerprint density at radius 1 is 1.32 bits per heavy atom. The van der Waals surface area contributed by atoms with Gasteiger partial charge in [-0.05, 0) is 18.6 Å². The Kier molecular flexibility index (Phi) is 3.78. The van der Waals surface area contributed by atoms with E-state index in [-0.39, 0.29) is 18.5 Å². The van der Waals surface area contributed by atoms with Crippen LogP contribution < -0.4 is 15.4 Å². The van der Waals surface area contributed by atoms with Crippen LogP contribution in [0.4, 0.5) is 5.82 Å². The third-order valence-corrected chi connectivity index (χ3v) is 3.28. The number of amides is 2. The molecular weight excluding hydrogens is 286 g/mol. The van der Waals surface area contributed by atoms with Crippen LogP contribution in [0.5, 0.6) is 5.75 Å². The predicted octanol–water partition coefficient (Wildman–Crippen LogP) is 1.04. The second kappa shape index (κ2) is 5.88. The lowest BCUT2D eigenvalue weighted by Crippen LogP contribution is -2.40. The molecular formula is C15H15N3O4. The van der Waals surface area contributed by atoms with Crippen molar-refractivity contribution in [1.29, 1.82) is 0 Å². The van der Waals surface area contributed by atoms with Crippen molar-refractivity contribution in [3.05, 3.63) is 41.7 Å². The maximum atomic E-state index is 11.7. The Morgan fingerprint density at radius 3 is 2.86 bits per heavy atom. The minimum absolute atomic E-state index is 0.163. The maximum absolute atomic E-state index is 11.7. The third kappa shape index (κ3) is 3.08. The summed E-state index contributed by atoms with van der Waals surface area (Å²) in [6.07, 6.45) is 0.545. The first-order chi connectivity index (χ1) is 10.6. The SMILES string of the molecule is Cc1cc(NC(=O)C(=O)NC[C@@H]2Cc3ccccc3O2)no1. The molecule has 0 spiro atoms.